The zero-order chi connectivity index (χ0) is 17.4. The van der Waals surface area contributed by atoms with E-state index in [0.717, 1.165) is 5.56 Å². The van der Waals surface area contributed by atoms with Gasteiger partial charge >= 0.3 is 5.97 Å². The predicted octanol–water partition coefficient (Wildman–Crippen LogP) is 2.63. The maximum Gasteiger partial charge on any atom is 0.307 e. The van der Waals surface area contributed by atoms with Crippen molar-refractivity contribution < 1.29 is 23.5 Å². The molecule has 0 aromatic heterocycles. The standard InChI is InChI=1S/C18H18FNO4/c1-23-18(22)11-15(13-7-3-2-4-8-13)20-17(21)12-24-16-10-6-5-9-14(16)19/h2-10,15H,11-12H2,1H3,(H,20,21)/t15-/m0/s1. The van der Waals surface area contributed by atoms with Crippen molar-refractivity contribution in [2.45, 2.75) is 12.5 Å². The first-order valence-corrected chi connectivity index (χ1v) is 7.38. The van der Waals surface area contributed by atoms with Gasteiger partial charge in [-0.05, 0) is 17.7 Å². The van der Waals surface area contributed by atoms with E-state index in [9.17, 15) is 14.0 Å². The van der Waals surface area contributed by atoms with E-state index in [2.05, 4.69) is 10.1 Å². The lowest BCUT2D eigenvalue weighted by Crippen LogP contribution is -2.34. The molecule has 0 saturated carbocycles. The number of para-hydroxylation sites is 1. The molecule has 0 aliphatic heterocycles. The predicted molar refractivity (Wildman–Crippen MR) is 85.9 cm³/mol. The molecule has 0 aliphatic rings. The molecule has 1 atom stereocenters. The molecule has 2 aromatic carbocycles. The van der Waals surface area contributed by atoms with Gasteiger partial charge in [-0.2, -0.15) is 0 Å². The van der Waals surface area contributed by atoms with Crippen molar-refractivity contribution in [3.63, 3.8) is 0 Å². The van der Waals surface area contributed by atoms with E-state index in [-0.39, 0.29) is 18.8 Å². The fourth-order valence-electron chi connectivity index (χ4n) is 2.13. The van der Waals surface area contributed by atoms with Crippen LogP contribution in [0.5, 0.6) is 5.75 Å². The van der Waals surface area contributed by atoms with Crippen LogP contribution in [0.4, 0.5) is 4.39 Å². The Hall–Kier alpha value is -2.89. The van der Waals surface area contributed by atoms with E-state index < -0.39 is 23.7 Å². The van der Waals surface area contributed by atoms with Crippen LogP contribution in [0.1, 0.15) is 18.0 Å². The maximum atomic E-state index is 13.5. The van der Waals surface area contributed by atoms with Gasteiger partial charge in [-0.3, -0.25) is 9.59 Å². The molecule has 0 radical (unpaired) electrons. The van der Waals surface area contributed by atoms with Crippen molar-refractivity contribution in [2.24, 2.45) is 0 Å². The van der Waals surface area contributed by atoms with E-state index in [1.165, 1.54) is 25.3 Å². The zero-order valence-electron chi connectivity index (χ0n) is 13.2. The third-order valence-corrected chi connectivity index (χ3v) is 3.33. The van der Waals surface area contributed by atoms with E-state index in [0.29, 0.717) is 0 Å². The van der Waals surface area contributed by atoms with Crippen LogP contribution in [-0.4, -0.2) is 25.6 Å². The Morgan fingerprint density at radius 1 is 1.08 bits per heavy atom. The maximum absolute atomic E-state index is 13.5. The fourth-order valence-corrected chi connectivity index (χ4v) is 2.13. The smallest absolute Gasteiger partial charge is 0.307 e. The highest BCUT2D eigenvalue weighted by atomic mass is 19.1. The number of hydrogen-bond acceptors (Lipinski definition) is 4. The van der Waals surface area contributed by atoms with E-state index in [1.54, 1.807) is 18.2 Å². The molecule has 0 saturated heterocycles. The molecule has 2 rings (SSSR count). The number of benzene rings is 2. The average molecular weight is 331 g/mol. The second-order valence-electron chi connectivity index (χ2n) is 5.03. The van der Waals surface area contributed by atoms with Gasteiger partial charge in [-0.25, -0.2) is 4.39 Å². The summed E-state index contributed by atoms with van der Waals surface area (Å²) in [6, 6.07) is 14.3. The molecule has 6 heteroatoms. The summed E-state index contributed by atoms with van der Waals surface area (Å²) in [5.74, 6) is -1.45. The van der Waals surface area contributed by atoms with Gasteiger partial charge in [0.1, 0.15) is 0 Å². The average Bonchev–Trinajstić information content (AvgIpc) is 2.61. The summed E-state index contributed by atoms with van der Waals surface area (Å²) < 4.78 is 23.3. The molecule has 2 aromatic rings. The number of methoxy groups -OCH3 is 1. The largest absolute Gasteiger partial charge is 0.481 e. The van der Waals surface area contributed by atoms with Gasteiger partial charge in [-0.1, -0.05) is 42.5 Å². The lowest BCUT2D eigenvalue weighted by atomic mass is 10.0. The molecule has 24 heavy (non-hydrogen) atoms. The lowest BCUT2D eigenvalue weighted by Gasteiger charge is -2.18. The van der Waals surface area contributed by atoms with Crippen LogP contribution in [0.25, 0.3) is 0 Å². The quantitative estimate of drug-likeness (QED) is 0.792. The summed E-state index contributed by atoms with van der Waals surface area (Å²) in [6.45, 7) is -0.356. The Balaban J connectivity index is 1.99. The number of carbonyl (C=O) groups excluding carboxylic acids is 2. The minimum absolute atomic E-state index is 0.00289. The molecule has 0 fully saturated rings. The molecular weight excluding hydrogens is 313 g/mol. The highest BCUT2D eigenvalue weighted by Gasteiger charge is 2.19. The van der Waals surface area contributed by atoms with Crippen LogP contribution in [0.15, 0.2) is 54.6 Å². The first-order chi connectivity index (χ1) is 11.6. The summed E-state index contributed by atoms with van der Waals surface area (Å²) in [5, 5.41) is 2.70. The van der Waals surface area contributed by atoms with Crippen LogP contribution < -0.4 is 10.1 Å². The van der Waals surface area contributed by atoms with Gasteiger partial charge in [0, 0.05) is 0 Å². The molecule has 0 bridgehead atoms. The van der Waals surface area contributed by atoms with Gasteiger partial charge in [0.15, 0.2) is 18.2 Å². The number of amides is 1. The lowest BCUT2D eigenvalue weighted by molar-refractivity contribution is -0.141. The summed E-state index contributed by atoms with van der Waals surface area (Å²) in [6.07, 6.45) is -0.00798. The number of halogens is 1. The normalized spacial score (nSPS) is 11.4. The molecule has 0 unspecified atom stereocenters. The summed E-state index contributed by atoms with van der Waals surface area (Å²) in [5.41, 5.74) is 0.766. The first kappa shape index (κ1) is 17.5. The Morgan fingerprint density at radius 2 is 1.75 bits per heavy atom. The number of esters is 1. The Bertz CT molecular complexity index is 690. The molecular formula is C18H18FNO4. The fraction of sp³-hybridized carbons (Fsp3) is 0.222. The van der Waals surface area contributed by atoms with Gasteiger partial charge in [0.05, 0.1) is 19.6 Å². The van der Waals surface area contributed by atoms with E-state index in [1.807, 2.05) is 18.2 Å². The third kappa shape index (κ3) is 5.08. The zero-order valence-corrected chi connectivity index (χ0v) is 13.2. The number of rotatable bonds is 7. The van der Waals surface area contributed by atoms with Crippen LogP contribution in [-0.2, 0) is 14.3 Å². The second kappa shape index (κ2) is 8.67. The molecule has 1 N–H and O–H groups in total. The van der Waals surface area contributed by atoms with Gasteiger partial charge in [-0.15, -0.1) is 0 Å². The highest BCUT2D eigenvalue weighted by molar-refractivity contribution is 5.79. The van der Waals surface area contributed by atoms with Crippen LogP contribution in [0.3, 0.4) is 0 Å². The van der Waals surface area contributed by atoms with Crippen LogP contribution in [0.2, 0.25) is 0 Å². The van der Waals surface area contributed by atoms with Crippen LogP contribution >= 0.6 is 0 Å². The van der Waals surface area contributed by atoms with Gasteiger partial charge < -0.3 is 14.8 Å². The molecule has 0 spiro atoms. The summed E-state index contributed by atoms with van der Waals surface area (Å²) >= 11 is 0. The minimum Gasteiger partial charge on any atom is -0.481 e. The first-order valence-electron chi connectivity index (χ1n) is 7.38. The SMILES string of the molecule is COC(=O)C[C@H](NC(=O)COc1ccccc1F)c1ccccc1. The van der Waals surface area contributed by atoms with Crippen molar-refractivity contribution in [3.8, 4) is 5.75 Å². The van der Waals surface area contributed by atoms with Crippen LogP contribution in [0, 0.1) is 5.82 Å². The number of carbonyl (C=O) groups is 2. The minimum atomic E-state index is -0.546. The Morgan fingerprint density at radius 3 is 2.42 bits per heavy atom. The van der Waals surface area contributed by atoms with Crippen molar-refractivity contribution in [2.75, 3.05) is 13.7 Å². The molecule has 1 amide bonds. The third-order valence-electron chi connectivity index (χ3n) is 3.33. The Kier molecular flexibility index (Phi) is 6.31. The van der Waals surface area contributed by atoms with Crippen molar-refractivity contribution in [1.82, 2.24) is 5.32 Å². The van der Waals surface area contributed by atoms with Crippen molar-refractivity contribution in [1.29, 1.82) is 0 Å². The summed E-state index contributed by atoms with van der Waals surface area (Å²) in [4.78, 5) is 23.6. The molecule has 0 aliphatic carbocycles. The number of nitrogens with one attached hydrogen (secondary N) is 1. The summed E-state index contributed by atoms with van der Waals surface area (Å²) in [7, 11) is 1.29. The second-order valence-corrected chi connectivity index (χ2v) is 5.03. The molecule has 0 heterocycles. The van der Waals surface area contributed by atoms with Gasteiger partial charge in [0.25, 0.3) is 5.91 Å². The topological polar surface area (TPSA) is 64.6 Å². The van der Waals surface area contributed by atoms with Crippen molar-refractivity contribution in [3.05, 3.63) is 66.0 Å². The highest BCUT2D eigenvalue weighted by Crippen LogP contribution is 2.18. The monoisotopic (exact) mass is 331 g/mol. The van der Waals surface area contributed by atoms with E-state index in [4.69, 9.17) is 4.74 Å². The molecule has 5 nitrogen and oxygen atoms in total. The number of hydrogen-bond donors (Lipinski definition) is 1. The number of ether oxygens (including phenoxy) is 2. The van der Waals surface area contributed by atoms with Crippen molar-refractivity contribution >= 4 is 11.9 Å². The van der Waals surface area contributed by atoms with Gasteiger partial charge in [0.2, 0.25) is 0 Å². The van der Waals surface area contributed by atoms with E-state index >= 15 is 0 Å². The Labute approximate surface area is 139 Å². The molecule has 126 valence electrons.